The van der Waals surface area contributed by atoms with Gasteiger partial charge in [0.2, 0.25) is 0 Å². The van der Waals surface area contributed by atoms with Crippen LogP contribution in [-0.4, -0.2) is 36.5 Å². The molecular formula is C8H15NO2. The first kappa shape index (κ1) is 7.53. The van der Waals surface area contributed by atoms with E-state index in [0.717, 1.165) is 32.5 Å². The molecule has 11 heavy (non-hydrogen) atoms. The molecule has 1 aliphatic heterocycles. The zero-order chi connectivity index (χ0) is 7.68. The fourth-order valence-corrected chi connectivity index (χ4v) is 1.65. The summed E-state index contributed by atoms with van der Waals surface area (Å²) in [4.78, 5) is 0. The van der Waals surface area contributed by atoms with Crippen LogP contribution in [0.4, 0.5) is 0 Å². The van der Waals surface area contributed by atoms with Crippen molar-refractivity contribution in [3.8, 4) is 0 Å². The highest BCUT2D eigenvalue weighted by Crippen LogP contribution is 2.21. The average molecular weight is 157 g/mol. The van der Waals surface area contributed by atoms with E-state index in [9.17, 15) is 5.11 Å². The lowest BCUT2D eigenvalue weighted by Gasteiger charge is -2.35. The number of nitrogens with one attached hydrogen (secondary N) is 1. The maximum absolute atomic E-state index is 9.26. The Bertz CT molecular complexity index is 134. The van der Waals surface area contributed by atoms with Crippen LogP contribution in [0, 0.1) is 0 Å². The van der Waals surface area contributed by atoms with E-state index in [1.807, 2.05) is 0 Å². The van der Waals surface area contributed by atoms with E-state index in [0.29, 0.717) is 12.1 Å². The van der Waals surface area contributed by atoms with E-state index in [1.54, 1.807) is 0 Å². The van der Waals surface area contributed by atoms with Gasteiger partial charge in [0.1, 0.15) is 0 Å². The van der Waals surface area contributed by atoms with Crippen LogP contribution in [-0.2, 0) is 4.74 Å². The fraction of sp³-hybridized carbons (Fsp3) is 1.00. The first-order chi connectivity index (χ1) is 5.36. The summed E-state index contributed by atoms with van der Waals surface area (Å²) >= 11 is 0. The Hall–Kier alpha value is -0.120. The van der Waals surface area contributed by atoms with Gasteiger partial charge in [-0.2, -0.15) is 0 Å². The lowest BCUT2D eigenvalue weighted by atomic mass is 9.88. The van der Waals surface area contributed by atoms with Crippen LogP contribution in [0.3, 0.4) is 0 Å². The van der Waals surface area contributed by atoms with Crippen molar-refractivity contribution in [2.45, 2.75) is 37.5 Å². The number of rotatable bonds is 2. The second-order valence-corrected chi connectivity index (χ2v) is 3.48. The third-order valence-electron chi connectivity index (χ3n) is 2.62. The molecule has 0 aromatic heterocycles. The molecule has 64 valence electrons. The minimum atomic E-state index is -0.101. The summed E-state index contributed by atoms with van der Waals surface area (Å²) in [5.74, 6) is 0. The molecule has 1 saturated carbocycles. The Morgan fingerprint density at radius 1 is 1.27 bits per heavy atom. The van der Waals surface area contributed by atoms with Crippen LogP contribution in [0.15, 0.2) is 0 Å². The van der Waals surface area contributed by atoms with Gasteiger partial charge in [-0.25, -0.2) is 0 Å². The summed E-state index contributed by atoms with van der Waals surface area (Å²) in [5.41, 5.74) is 0. The Kier molecular flexibility index (Phi) is 2.11. The molecule has 0 amide bonds. The maximum atomic E-state index is 9.26. The molecule has 1 unspecified atom stereocenters. The molecule has 0 aromatic rings. The fourth-order valence-electron chi connectivity index (χ4n) is 1.65. The van der Waals surface area contributed by atoms with Gasteiger partial charge in [-0.15, -0.1) is 0 Å². The minimum Gasteiger partial charge on any atom is -0.392 e. The molecule has 2 rings (SSSR count). The quantitative estimate of drug-likeness (QED) is 0.587. The molecule has 2 aliphatic rings. The Balaban J connectivity index is 1.72. The monoisotopic (exact) mass is 157 g/mol. The summed E-state index contributed by atoms with van der Waals surface area (Å²) in [6.07, 6.45) is 3.09. The van der Waals surface area contributed by atoms with Crippen molar-refractivity contribution in [1.82, 2.24) is 5.32 Å². The van der Waals surface area contributed by atoms with E-state index >= 15 is 0 Å². The maximum Gasteiger partial charge on any atom is 0.0693 e. The molecule has 0 aromatic carbocycles. The highest BCUT2D eigenvalue weighted by atomic mass is 16.5. The average Bonchev–Trinajstić information content (AvgIpc) is 2.49. The van der Waals surface area contributed by atoms with Gasteiger partial charge >= 0.3 is 0 Å². The van der Waals surface area contributed by atoms with Gasteiger partial charge in [-0.1, -0.05) is 0 Å². The van der Waals surface area contributed by atoms with Crippen molar-refractivity contribution in [3.63, 3.8) is 0 Å². The number of hydrogen-bond donors (Lipinski definition) is 2. The molecule has 1 aliphatic carbocycles. The number of aliphatic hydroxyl groups excluding tert-OH is 1. The Morgan fingerprint density at radius 2 is 2.18 bits per heavy atom. The summed E-state index contributed by atoms with van der Waals surface area (Å²) in [7, 11) is 0. The van der Waals surface area contributed by atoms with Crippen LogP contribution in [0.5, 0.6) is 0 Å². The van der Waals surface area contributed by atoms with Gasteiger partial charge in [-0.3, -0.25) is 0 Å². The molecule has 3 heteroatoms. The second-order valence-electron chi connectivity index (χ2n) is 3.48. The van der Waals surface area contributed by atoms with Crippen molar-refractivity contribution in [1.29, 1.82) is 0 Å². The zero-order valence-corrected chi connectivity index (χ0v) is 6.62. The normalized spacial score (nSPS) is 43.9. The highest BCUT2D eigenvalue weighted by Gasteiger charge is 2.31. The van der Waals surface area contributed by atoms with Crippen LogP contribution >= 0.6 is 0 Å². The summed E-state index contributed by atoms with van der Waals surface area (Å²) in [6.45, 7) is 1.70. The molecular weight excluding hydrogens is 142 g/mol. The predicted octanol–water partition coefficient (Wildman–Crippen LogP) is -0.112. The van der Waals surface area contributed by atoms with Crippen molar-refractivity contribution < 1.29 is 9.84 Å². The Labute approximate surface area is 66.7 Å². The van der Waals surface area contributed by atoms with Crippen LogP contribution in [0.2, 0.25) is 0 Å². The molecule has 2 fully saturated rings. The van der Waals surface area contributed by atoms with Gasteiger partial charge < -0.3 is 15.2 Å². The molecule has 2 N–H and O–H groups in total. The SMILES string of the molecule is O[C@@H]1CC[C@H]1NC1CCOC1. The molecule has 0 bridgehead atoms. The third-order valence-corrected chi connectivity index (χ3v) is 2.62. The Morgan fingerprint density at radius 3 is 2.64 bits per heavy atom. The van der Waals surface area contributed by atoms with E-state index in [1.165, 1.54) is 0 Å². The molecule has 3 nitrogen and oxygen atoms in total. The number of aliphatic hydroxyl groups is 1. The topological polar surface area (TPSA) is 41.5 Å². The van der Waals surface area contributed by atoms with E-state index in [-0.39, 0.29) is 6.10 Å². The van der Waals surface area contributed by atoms with Crippen molar-refractivity contribution in [3.05, 3.63) is 0 Å². The van der Waals surface area contributed by atoms with Crippen LogP contribution < -0.4 is 5.32 Å². The molecule has 3 atom stereocenters. The van der Waals surface area contributed by atoms with Gasteiger partial charge in [0.15, 0.2) is 0 Å². The third kappa shape index (κ3) is 1.55. The van der Waals surface area contributed by atoms with E-state index < -0.39 is 0 Å². The highest BCUT2D eigenvalue weighted by molar-refractivity contribution is 4.89. The molecule has 1 saturated heterocycles. The van der Waals surface area contributed by atoms with Crippen molar-refractivity contribution >= 4 is 0 Å². The lowest BCUT2D eigenvalue weighted by Crippen LogP contribution is -2.51. The van der Waals surface area contributed by atoms with Gasteiger partial charge in [0, 0.05) is 18.7 Å². The smallest absolute Gasteiger partial charge is 0.0693 e. The van der Waals surface area contributed by atoms with Gasteiger partial charge in [-0.05, 0) is 19.3 Å². The molecule has 0 radical (unpaired) electrons. The summed E-state index contributed by atoms with van der Waals surface area (Å²) in [6, 6.07) is 0.844. The second kappa shape index (κ2) is 3.09. The van der Waals surface area contributed by atoms with Gasteiger partial charge in [0.05, 0.1) is 12.7 Å². The molecule has 1 heterocycles. The zero-order valence-electron chi connectivity index (χ0n) is 6.62. The van der Waals surface area contributed by atoms with E-state index in [2.05, 4.69) is 5.32 Å². The summed E-state index contributed by atoms with van der Waals surface area (Å²) in [5, 5.41) is 12.7. The standard InChI is InChI=1S/C8H15NO2/c10-8-2-1-7(8)9-6-3-4-11-5-6/h6-10H,1-5H2/t6?,7-,8-/m1/s1. The predicted molar refractivity (Wildman–Crippen MR) is 41.4 cm³/mol. The molecule has 0 spiro atoms. The number of hydrogen-bond acceptors (Lipinski definition) is 3. The first-order valence-corrected chi connectivity index (χ1v) is 4.38. The number of ether oxygens (including phenoxy) is 1. The minimum absolute atomic E-state index is 0.101. The van der Waals surface area contributed by atoms with Crippen LogP contribution in [0.1, 0.15) is 19.3 Å². The van der Waals surface area contributed by atoms with Crippen LogP contribution in [0.25, 0.3) is 0 Å². The lowest BCUT2D eigenvalue weighted by molar-refractivity contribution is 0.0428. The van der Waals surface area contributed by atoms with Crippen molar-refractivity contribution in [2.24, 2.45) is 0 Å². The summed E-state index contributed by atoms with van der Waals surface area (Å²) < 4.78 is 5.22. The largest absolute Gasteiger partial charge is 0.392 e. The van der Waals surface area contributed by atoms with Crippen molar-refractivity contribution in [2.75, 3.05) is 13.2 Å². The first-order valence-electron chi connectivity index (χ1n) is 4.38. The van der Waals surface area contributed by atoms with E-state index in [4.69, 9.17) is 4.74 Å². The van der Waals surface area contributed by atoms with Gasteiger partial charge in [0.25, 0.3) is 0 Å².